The highest BCUT2D eigenvalue weighted by molar-refractivity contribution is 7.92. The summed E-state index contributed by atoms with van der Waals surface area (Å²) in [7, 11) is -3.84. The van der Waals surface area contributed by atoms with Gasteiger partial charge >= 0.3 is 0 Å². The molecule has 1 heterocycles. The smallest absolute Gasteiger partial charge is 0.264 e. The van der Waals surface area contributed by atoms with Crippen molar-refractivity contribution in [1.82, 2.24) is 4.90 Å². The lowest BCUT2D eigenvalue weighted by Crippen LogP contribution is -2.45. The van der Waals surface area contributed by atoms with Crippen molar-refractivity contribution in [2.45, 2.75) is 38.5 Å². The molecular formula is C22H28N2O3S. The first-order valence-electron chi connectivity index (χ1n) is 9.72. The van der Waals surface area contributed by atoms with E-state index in [1.807, 2.05) is 26.0 Å². The lowest BCUT2D eigenvalue weighted by Gasteiger charge is -2.33. The zero-order valence-electron chi connectivity index (χ0n) is 16.8. The van der Waals surface area contributed by atoms with Crippen molar-refractivity contribution in [1.29, 1.82) is 0 Å². The van der Waals surface area contributed by atoms with Crippen LogP contribution in [0.5, 0.6) is 0 Å². The second kappa shape index (κ2) is 8.35. The Morgan fingerprint density at radius 3 is 2.29 bits per heavy atom. The van der Waals surface area contributed by atoms with Crippen LogP contribution in [-0.2, 0) is 14.8 Å². The van der Waals surface area contributed by atoms with Gasteiger partial charge in [0.05, 0.1) is 10.6 Å². The topological polar surface area (TPSA) is 57.7 Å². The Morgan fingerprint density at radius 1 is 1.04 bits per heavy atom. The molecule has 0 N–H and O–H groups in total. The van der Waals surface area contributed by atoms with E-state index in [1.165, 1.54) is 4.31 Å². The molecule has 1 aliphatic heterocycles. The van der Waals surface area contributed by atoms with Crippen LogP contribution < -0.4 is 4.31 Å². The van der Waals surface area contributed by atoms with Crippen molar-refractivity contribution in [2.75, 3.05) is 23.9 Å². The predicted octanol–water partition coefficient (Wildman–Crippen LogP) is 3.76. The van der Waals surface area contributed by atoms with Crippen LogP contribution in [0, 0.1) is 19.8 Å². The number of benzene rings is 2. The molecule has 0 aromatic heterocycles. The first kappa shape index (κ1) is 20.4. The second-order valence-electron chi connectivity index (χ2n) is 7.66. The fourth-order valence-electron chi connectivity index (χ4n) is 3.40. The van der Waals surface area contributed by atoms with Gasteiger partial charge in [-0.2, -0.15) is 0 Å². The van der Waals surface area contributed by atoms with Crippen molar-refractivity contribution in [3.05, 3.63) is 59.7 Å². The lowest BCUT2D eigenvalue weighted by molar-refractivity contribution is -0.130. The second-order valence-corrected chi connectivity index (χ2v) is 9.52. The summed E-state index contributed by atoms with van der Waals surface area (Å²) in [6, 6.07) is 13.8. The number of piperidine rings is 1. The molecule has 1 amide bonds. The molecule has 0 atom stereocenters. The van der Waals surface area contributed by atoms with Crippen LogP contribution in [0.4, 0.5) is 5.69 Å². The van der Waals surface area contributed by atoms with E-state index < -0.39 is 10.0 Å². The van der Waals surface area contributed by atoms with Crippen molar-refractivity contribution in [2.24, 2.45) is 5.92 Å². The lowest BCUT2D eigenvalue weighted by atomic mass is 9.99. The highest BCUT2D eigenvalue weighted by atomic mass is 32.2. The largest absolute Gasteiger partial charge is 0.341 e. The van der Waals surface area contributed by atoms with Gasteiger partial charge in [-0.05, 0) is 68.0 Å². The van der Waals surface area contributed by atoms with E-state index in [4.69, 9.17) is 0 Å². The summed E-state index contributed by atoms with van der Waals surface area (Å²) in [5.41, 5.74) is 2.59. The molecule has 0 spiro atoms. The molecule has 0 radical (unpaired) electrons. The molecule has 3 rings (SSSR count). The van der Waals surface area contributed by atoms with E-state index in [-0.39, 0.29) is 17.3 Å². The van der Waals surface area contributed by atoms with E-state index in [2.05, 4.69) is 6.92 Å². The number of aryl methyl sites for hydroxylation is 2. The minimum absolute atomic E-state index is 0.148. The summed E-state index contributed by atoms with van der Waals surface area (Å²) in [5, 5.41) is 0. The van der Waals surface area contributed by atoms with E-state index in [0.29, 0.717) is 24.7 Å². The maximum absolute atomic E-state index is 13.4. The molecule has 2 aromatic carbocycles. The third-order valence-electron chi connectivity index (χ3n) is 5.52. The normalized spacial score (nSPS) is 15.5. The number of carbonyl (C=O) groups excluding carboxylic acids is 1. The average molecular weight is 401 g/mol. The van der Waals surface area contributed by atoms with Crippen molar-refractivity contribution < 1.29 is 13.2 Å². The Bertz CT molecular complexity index is 934. The van der Waals surface area contributed by atoms with Crippen LogP contribution in [0.1, 0.15) is 30.9 Å². The van der Waals surface area contributed by atoms with Gasteiger partial charge in [0, 0.05) is 13.1 Å². The molecule has 0 aliphatic carbocycles. The Kier molecular flexibility index (Phi) is 6.08. The summed E-state index contributed by atoms with van der Waals surface area (Å²) in [5.74, 6) is 0.456. The zero-order chi connectivity index (χ0) is 20.3. The summed E-state index contributed by atoms with van der Waals surface area (Å²) in [6.07, 6.45) is 1.92. The highest BCUT2D eigenvalue weighted by Gasteiger charge is 2.30. The number of nitrogens with zero attached hydrogens (tertiary/aromatic N) is 2. The molecular weight excluding hydrogens is 372 g/mol. The Hall–Kier alpha value is -2.34. The quantitative estimate of drug-likeness (QED) is 0.768. The van der Waals surface area contributed by atoms with E-state index in [0.717, 1.165) is 24.0 Å². The summed E-state index contributed by atoms with van der Waals surface area (Å²) < 4.78 is 28.0. The van der Waals surface area contributed by atoms with E-state index in [1.54, 1.807) is 41.3 Å². The summed E-state index contributed by atoms with van der Waals surface area (Å²) in [4.78, 5) is 14.9. The van der Waals surface area contributed by atoms with Gasteiger partial charge in [-0.25, -0.2) is 8.42 Å². The fourth-order valence-corrected chi connectivity index (χ4v) is 4.82. The van der Waals surface area contributed by atoms with Crippen LogP contribution in [0.2, 0.25) is 0 Å². The average Bonchev–Trinajstić information content (AvgIpc) is 2.69. The van der Waals surface area contributed by atoms with Gasteiger partial charge in [-0.1, -0.05) is 31.2 Å². The fraction of sp³-hybridized carbons (Fsp3) is 0.409. The van der Waals surface area contributed by atoms with E-state index >= 15 is 0 Å². The number of anilines is 1. The summed E-state index contributed by atoms with van der Waals surface area (Å²) >= 11 is 0. The number of carbonyl (C=O) groups is 1. The van der Waals surface area contributed by atoms with Crippen molar-refractivity contribution in [3.8, 4) is 0 Å². The Labute approximate surface area is 168 Å². The minimum atomic E-state index is -3.84. The Morgan fingerprint density at radius 2 is 1.68 bits per heavy atom. The standard InChI is InChI=1S/C22H28N2O3S/c1-17-11-13-23(14-12-17)22(25)16-24(20-10-9-18(2)19(3)15-20)28(26,27)21-7-5-4-6-8-21/h4-10,15,17H,11-14,16H2,1-3H3. The zero-order valence-corrected chi connectivity index (χ0v) is 17.6. The van der Waals surface area contributed by atoms with Gasteiger partial charge in [0.25, 0.3) is 10.0 Å². The maximum Gasteiger partial charge on any atom is 0.264 e. The number of sulfonamides is 1. The minimum Gasteiger partial charge on any atom is -0.341 e. The van der Waals surface area contributed by atoms with Crippen LogP contribution in [-0.4, -0.2) is 38.9 Å². The molecule has 150 valence electrons. The monoisotopic (exact) mass is 400 g/mol. The van der Waals surface area contributed by atoms with Gasteiger partial charge in [0.2, 0.25) is 5.91 Å². The first-order valence-corrected chi connectivity index (χ1v) is 11.2. The van der Waals surface area contributed by atoms with Gasteiger partial charge in [-0.15, -0.1) is 0 Å². The van der Waals surface area contributed by atoms with Gasteiger partial charge in [0.15, 0.2) is 0 Å². The van der Waals surface area contributed by atoms with Crippen LogP contribution in [0.25, 0.3) is 0 Å². The summed E-state index contributed by atoms with van der Waals surface area (Å²) in [6.45, 7) is 7.30. The molecule has 0 bridgehead atoms. The van der Waals surface area contributed by atoms with Crippen LogP contribution >= 0.6 is 0 Å². The number of hydrogen-bond donors (Lipinski definition) is 0. The van der Waals surface area contributed by atoms with Gasteiger partial charge in [0.1, 0.15) is 6.54 Å². The number of amides is 1. The molecule has 1 aliphatic rings. The SMILES string of the molecule is Cc1ccc(N(CC(=O)N2CCC(C)CC2)S(=O)(=O)c2ccccc2)cc1C. The molecule has 1 fully saturated rings. The van der Waals surface area contributed by atoms with Crippen molar-refractivity contribution >= 4 is 21.6 Å². The molecule has 0 unspecified atom stereocenters. The van der Waals surface area contributed by atoms with Crippen molar-refractivity contribution in [3.63, 3.8) is 0 Å². The third kappa shape index (κ3) is 4.38. The molecule has 6 heteroatoms. The van der Waals surface area contributed by atoms with Gasteiger partial charge in [-0.3, -0.25) is 9.10 Å². The predicted molar refractivity (Wildman–Crippen MR) is 112 cm³/mol. The molecule has 0 saturated carbocycles. The third-order valence-corrected chi connectivity index (χ3v) is 7.31. The van der Waals surface area contributed by atoms with Crippen LogP contribution in [0.15, 0.2) is 53.4 Å². The molecule has 2 aromatic rings. The number of rotatable bonds is 5. The Balaban J connectivity index is 1.95. The number of likely N-dealkylation sites (tertiary alicyclic amines) is 1. The molecule has 5 nitrogen and oxygen atoms in total. The molecule has 28 heavy (non-hydrogen) atoms. The maximum atomic E-state index is 13.4. The van der Waals surface area contributed by atoms with E-state index in [9.17, 15) is 13.2 Å². The van der Waals surface area contributed by atoms with Crippen LogP contribution in [0.3, 0.4) is 0 Å². The highest BCUT2D eigenvalue weighted by Crippen LogP contribution is 2.26. The number of hydrogen-bond acceptors (Lipinski definition) is 3. The first-order chi connectivity index (χ1) is 13.3. The molecule has 1 saturated heterocycles. The van der Waals surface area contributed by atoms with Gasteiger partial charge < -0.3 is 4.90 Å².